The maximum absolute atomic E-state index is 12.3. The van der Waals surface area contributed by atoms with Crippen molar-refractivity contribution in [3.63, 3.8) is 0 Å². The van der Waals surface area contributed by atoms with Gasteiger partial charge in [-0.15, -0.1) is 0 Å². The van der Waals surface area contributed by atoms with Gasteiger partial charge in [0.25, 0.3) is 0 Å². The highest BCUT2D eigenvalue weighted by atomic mass is 16.2. The van der Waals surface area contributed by atoms with Crippen molar-refractivity contribution in [3.8, 4) is 11.1 Å². The topological polar surface area (TPSA) is 70.2 Å². The van der Waals surface area contributed by atoms with Crippen LogP contribution in [0.25, 0.3) is 11.1 Å². The van der Waals surface area contributed by atoms with Gasteiger partial charge in [0.15, 0.2) is 0 Å². The van der Waals surface area contributed by atoms with E-state index < -0.39 is 0 Å². The molecule has 0 aliphatic heterocycles. The molecule has 3 N–H and O–H groups in total. The van der Waals surface area contributed by atoms with Crippen LogP contribution in [0.4, 0.5) is 16.2 Å². The lowest BCUT2D eigenvalue weighted by atomic mass is 10.0. The smallest absolute Gasteiger partial charge is 0.318 e. The van der Waals surface area contributed by atoms with E-state index in [1.807, 2.05) is 60.7 Å². The van der Waals surface area contributed by atoms with Crippen molar-refractivity contribution >= 4 is 23.3 Å². The SMILES string of the molecule is CNC(=O)Nc1cc(NC(=O)CCCc2ccccc2)ccc1-c1ccccc1. The summed E-state index contributed by atoms with van der Waals surface area (Å²) in [6.45, 7) is 0. The molecular formula is C24H25N3O2. The largest absolute Gasteiger partial charge is 0.341 e. The fraction of sp³-hybridized carbons (Fsp3) is 0.167. The van der Waals surface area contributed by atoms with Crippen molar-refractivity contribution in [2.75, 3.05) is 17.7 Å². The van der Waals surface area contributed by atoms with Gasteiger partial charge in [0.2, 0.25) is 5.91 Å². The van der Waals surface area contributed by atoms with E-state index in [0.29, 0.717) is 17.8 Å². The third-order valence-electron chi connectivity index (χ3n) is 4.58. The molecule has 3 rings (SSSR count). The molecule has 3 aromatic rings. The first-order chi connectivity index (χ1) is 14.2. The minimum absolute atomic E-state index is 0.0423. The second-order valence-electron chi connectivity index (χ2n) is 6.72. The number of hydrogen-bond acceptors (Lipinski definition) is 2. The molecule has 29 heavy (non-hydrogen) atoms. The first-order valence-electron chi connectivity index (χ1n) is 9.67. The molecule has 0 saturated carbocycles. The van der Waals surface area contributed by atoms with Crippen molar-refractivity contribution in [3.05, 3.63) is 84.4 Å². The van der Waals surface area contributed by atoms with E-state index in [1.165, 1.54) is 5.56 Å². The van der Waals surface area contributed by atoms with E-state index in [-0.39, 0.29) is 11.9 Å². The van der Waals surface area contributed by atoms with Gasteiger partial charge in [-0.1, -0.05) is 66.7 Å². The predicted molar refractivity (Wildman–Crippen MR) is 118 cm³/mol. The molecule has 0 atom stereocenters. The predicted octanol–water partition coefficient (Wildman–Crippen LogP) is 5.07. The number of aryl methyl sites for hydroxylation is 1. The number of hydrogen-bond donors (Lipinski definition) is 3. The van der Waals surface area contributed by atoms with Gasteiger partial charge in [0.1, 0.15) is 0 Å². The molecule has 0 bridgehead atoms. The van der Waals surface area contributed by atoms with Crippen molar-refractivity contribution < 1.29 is 9.59 Å². The molecule has 0 aliphatic rings. The zero-order chi connectivity index (χ0) is 20.5. The third-order valence-corrected chi connectivity index (χ3v) is 4.58. The van der Waals surface area contributed by atoms with Crippen molar-refractivity contribution in [1.29, 1.82) is 0 Å². The monoisotopic (exact) mass is 387 g/mol. The quantitative estimate of drug-likeness (QED) is 0.530. The highest BCUT2D eigenvalue weighted by molar-refractivity contribution is 5.97. The number of anilines is 2. The van der Waals surface area contributed by atoms with Gasteiger partial charge in [0.05, 0.1) is 5.69 Å². The summed E-state index contributed by atoms with van der Waals surface area (Å²) in [7, 11) is 1.57. The second kappa shape index (κ2) is 10.1. The number of rotatable bonds is 7. The highest BCUT2D eigenvalue weighted by Gasteiger charge is 2.10. The number of carbonyl (C=O) groups excluding carboxylic acids is 2. The second-order valence-corrected chi connectivity index (χ2v) is 6.72. The summed E-state index contributed by atoms with van der Waals surface area (Å²) < 4.78 is 0. The molecule has 148 valence electrons. The fourth-order valence-corrected chi connectivity index (χ4v) is 3.10. The lowest BCUT2D eigenvalue weighted by Crippen LogP contribution is -2.24. The van der Waals surface area contributed by atoms with Gasteiger partial charge < -0.3 is 16.0 Å². The van der Waals surface area contributed by atoms with Gasteiger partial charge in [0, 0.05) is 24.7 Å². The Balaban J connectivity index is 1.68. The van der Waals surface area contributed by atoms with Crippen molar-refractivity contribution in [2.24, 2.45) is 0 Å². The van der Waals surface area contributed by atoms with Crippen molar-refractivity contribution in [2.45, 2.75) is 19.3 Å². The van der Waals surface area contributed by atoms with Crippen molar-refractivity contribution in [1.82, 2.24) is 5.32 Å². The minimum Gasteiger partial charge on any atom is -0.341 e. The van der Waals surface area contributed by atoms with E-state index in [1.54, 1.807) is 13.1 Å². The van der Waals surface area contributed by atoms with Gasteiger partial charge in [-0.3, -0.25) is 4.79 Å². The van der Waals surface area contributed by atoms with E-state index in [9.17, 15) is 9.59 Å². The molecule has 0 heterocycles. The first-order valence-corrected chi connectivity index (χ1v) is 9.67. The lowest BCUT2D eigenvalue weighted by Gasteiger charge is -2.14. The average molecular weight is 387 g/mol. The zero-order valence-corrected chi connectivity index (χ0v) is 16.4. The van der Waals surface area contributed by atoms with Crippen LogP contribution in [0.15, 0.2) is 78.9 Å². The van der Waals surface area contributed by atoms with E-state index in [2.05, 4.69) is 28.1 Å². The van der Waals surface area contributed by atoms with E-state index in [0.717, 1.165) is 24.0 Å². The number of benzene rings is 3. The third kappa shape index (κ3) is 5.94. The molecular weight excluding hydrogens is 362 g/mol. The summed E-state index contributed by atoms with van der Waals surface area (Å²) in [4.78, 5) is 24.2. The van der Waals surface area contributed by atoms with Gasteiger partial charge in [-0.25, -0.2) is 4.79 Å². The van der Waals surface area contributed by atoms with Gasteiger partial charge in [-0.2, -0.15) is 0 Å². The highest BCUT2D eigenvalue weighted by Crippen LogP contribution is 2.30. The number of amides is 3. The van der Waals surface area contributed by atoms with Crippen LogP contribution in [-0.4, -0.2) is 19.0 Å². The number of nitrogens with one attached hydrogen (secondary N) is 3. The normalized spacial score (nSPS) is 10.2. The summed E-state index contributed by atoms with van der Waals surface area (Å²) in [6.07, 6.45) is 2.08. The number of urea groups is 1. The van der Waals surface area contributed by atoms with Crippen LogP contribution in [0, 0.1) is 0 Å². The summed E-state index contributed by atoms with van der Waals surface area (Å²) in [5.41, 5.74) is 4.39. The molecule has 0 fully saturated rings. The summed E-state index contributed by atoms with van der Waals surface area (Å²) in [5, 5.41) is 8.32. The van der Waals surface area contributed by atoms with Crippen LogP contribution in [0.1, 0.15) is 18.4 Å². The molecule has 0 aromatic heterocycles. The Morgan fingerprint density at radius 3 is 2.21 bits per heavy atom. The molecule has 0 spiro atoms. The Bertz CT molecular complexity index is 956. The average Bonchev–Trinajstić information content (AvgIpc) is 2.75. The van der Waals surface area contributed by atoms with E-state index in [4.69, 9.17) is 0 Å². The van der Waals surface area contributed by atoms with Gasteiger partial charge in [-0.05, 0) is 36.1 Å². The Hall–Kier alpha value is -3.60. The molecule has 0 radical (unpaired) electrons. The van der Waals surface area contributed by atoms with Crippen LogP contribution in [0.3, 0.4) is 0 Å². The van der Waals surface area contributed by atoms with E-state index >= 15 is 0 Å². The summed E-state index contributed by atoms with van der Waals surface area (Å²) in [5.74, 6) is -0.0423. The van der Waals surface area contributed by atoms with Crippen LogP contribution in [-0.2, 0) is 11.2 Å². The molecule has 3 amide bonds. The molecule has 5 heteroatoms. The zero-order valence-electron chi connectivity index (χ0n) is 16.4. The van der Waals surface area contributed by atoms with Gasteiger partial charge >= 0.3 is 6.03 Å². The van der Waals surface area contributed by atoms with Crippen LogP contribution >= 0.6 is 0 Å². The Labute approximate surface area is 171 Å². The van der Waals surface area contributed by atoms with Crippen LogP contribution in [0.2, 0.25) is 0 Å². The summed E-state index contributed by atoms with van der Waals surface area (Å²) in [6, 6.07) is 25.1. The molecule has 5 nitrogen and oxygen atoms in total. The van der Waals surface area contributed by atoms with Crippen LogP contribution < -0.4 is 16.0 Å². The Kier molecular flexibility index (Phi) is 7.00. The Morgan fingerprint density at radius 2 is 1.52 bits per heavy atom. The molecule has 0 saturated heterocycles. The molecule has 0 unspecified atom stereocenters. The standard InChI is InChI=1S/C24H25N3O2/c1-25-24(29)27-22-17-20(15-16-21(22)19-12-6-3-7-13-19)26-23(28)14-8-11-18-9-4-2-5-10-18/h2-7,9-10,12-13,15-17H,8,11,14H2,1H3,(H,26,28)(H2,25,27,29). The Morgan fingerprint density at radius 1 is 0.828 bits per heavy atom. The minimum atomic E-state index is -0.312. The van der Waals surface area contributed by atoms with Crippen LogP contribution in [0.5, 0.6) is 0 Å². The molecule has 0 aliphatic carbocycles. The number of carbonyl (C=O) groups is 2. The maximum atomic E-state index is 12.3. The summed E-state index contributed by atoms with van der Waals surface area (Å²) >= 11 is 0. The molecule has 3 aromatic carbocycles. The maximum Gasteiger partial charge on any atom is 0.318 e. The first kappa shape index (κ1) is 20.1. The fourth-order valence-electron chi connectivity index (χ4n) is 3.10. The lowest BCUT2D eigenvalue weighted by molar-refractivity contribution is -0.116.